The maximum absolute atomic E-state index is 5.09. The van der Waals surface area contributed by atoms with Gasteiger partial charge in [-0.05, 0) is 39.3 Å². The number of thiophene rings is 1. The molecule has 23 heavy (non-hydrogen) atoms. The SMILES string of the molecule is CCNC(=NCc1ccc(C)s1)NCCCc1nc(C)no1.I. The molecule has 2 aromatic heterocycles. The Morgan fingerprint density at radius 2 is 2.13 bits per heavy atom. The molecule has 0 fully saturated rings. The van der Waals surface area contributed by atoms with Crippen molar-refractivity contribution in [1.29, 1.82) is 0 Å². The summed E-state index contributed by atoms with van der Waals surface area (Å²) in [7, 11) is 0. The summed E-state index contributed by atoms with van der Waals surface area (Å²) in [6.07, 6.45) is 1.70. The molecule has 0 unspecified atom stereocenters. The van der Waals surface area contributed by atoms with Crippen molar-refractivity contribution in [3.8, 4) is 0 Å². The number of nitrogens with zero attached hydrogens (tertiary/aromatic N) is 3. The highest BCUT2D eigenvalue weighted by Crippen LogP contribution is 2.15. The number of halogens is 1. The number of hydrogen-bond donors (Lipinski definition) is 2. The van der Waals surface area contributed by atoms with E-state index in [4.69, 9.17) is 4.52 Å². The van der Waals surface area contributed by atoms with Gasteiger partial charge >= 0.3 is 0 Å². The average molecular weight is 449 g/mol. The summed E-state index contributed by atoms with van der Waals surface area (Å²) in [5.74, 6) is 2.22. The molecule has 0 amide bonds. The molecule has 2 aromatic rings. The second-order valence-corrected chi connectivity index (χ2v) is 6.35. The molecule has 2 heterocycles. The molecule has 0 radical (unpaired) electrons. The van der Waals surface area contributed by atoms with Gasteiger partial charge in [-0.2, -0.15) is 4.98 Å². The fourth-order valence-corrected chi connectivity index (χ4v) is 2.77. The van der Waals surface area contributed by atoms with Crippen LogP contribution in [0.4, 0.5) is 0 Å². The lowest BCUT2D eigenvalue weighted by molar-refractivity contribution is 0.372. The first-order valence-electron chi connectivity index (χ1n) is 7.54. The van der Waals surface area contributed by atoms with Gasteiger partial charge in [0.15, 0.2) is 11.8 Å². The second kappa shape index (κ2) is 10.6. The smallest absolute Gasteiger partial charge is 0.226 e. The van der Waals surface area contributed by atoms with Crippen LogP contribution in [0.5, 0.6) is 0 Å². The van der Waals surface area contributed by atoms with Crippen LogP contribution in [0.15, 0.2) is 21.6 Å². The van der Waals surface area contributed by atoms with Crippen molar-refractivity contribution in [1.82, 2.24) is 20.8 Å². The molecule has 0 saturated heterocycles. The summed E-state index contributed by atoms with van der Waals surface area (Å²) >= 11 is 1.79. The van der Waals surface area contributed by atoms with E-state index in [2.05, 4.69) is 51.7 Å². The Morgan fingerprint density at radius 1 is 1.30 bits per heavy atom. The zero-order chi connectivity index (χ0) is 15.8. The molecule has 2 rings (SSSR count). The molecule has 0 spiro atoms. The Hall–Kier alpha value is -1.16. The monoisotopic (exact) mass is 449 g/mol. The van der Waals surface area contributed by atoms with Gasteiger partial charge < -0.3 is 15.2 Å². The van der Waals surface area contributed by atoms with Gasteiger partial charge in [-0.15, -0.1) is 35.3 Å². The molecule has 0 aliphatic heterocycles. The molecule has 6 nitrogen and oxygen atoms in total. The third kappa shape index (κ3) is 7.30. The van der Waals surface area contributed by atoms with Crippen molar-refractivity contribution in [2.45, 2.75) is 40.2 Å². The van der Waals surface area contributed by atoms with E-state index >= 15 is 0 Å². The Labute approximate surface area is 158 Å². The Balaban J connectivity index is 0.00000264. The summed E-state index contributed by atoms with van der Waals surface area (Å²) in [6.45, 7) is 8.37. The van der Waals surface area contributed by atoms with E-state index in [0.717, 1.165) is 31.9 Å². The van der Waals surface area contributed by atoms with Crippen molar-refractivity contribution >= 4 is 41.3 Å². The standard InChI is InChI=1S/C15H23N5OS.HI/c1-4-16-15(18-10-13-8-7-11(2)22-13)17-9-5-6-14-19-12(3)20-21-14;/h7-8H,4-6,9-10H2,1-3H3,(H2,16,17,18);1H. The minimum atomic E-state index is 0. The van der Waals surface area contributed by atoms with Crippen molar-refractivity contribution in [2.75, 3.05) is 13.1 Å². The van der Waals surface area contributed by atoms with Gasteiger partial charge in [-0.3, -0.25) is 0 Å². The molecule has 0 aliphatic rings. The first-order chi connectivity index (χ1) is 10.7. The zero-order valence-electron chi connectivity index (χ0n) is 13.8. The average Bonchev–Trinajstić information content (AvgIpc) is 3.09. The van der Waals surface area contributed by atoms with Crippen molar-refractivity contribution in [2.24, 2.45) is 4.99 Å². The minimum absolute atomic E-state index is 0. The van der Waals surface area contributed by atoms with Gasteiger partial charge in [0.1, 0.15) is 0 Å². The molecule has 0 saturated carbocycles. The maximum Gasteiger partial charge on any atom is 0.226 e. The third-order valence-electron chi connectivity index (χ3n) is 2.96. The van der Waals surface area contributed by atoms with Crippen LogP contribution in [0.1, 0.15) is 34.8 Å². The number of guanidine groups is 1. The molecular formula is C15H24IN5OS. The van der Waals surface area contributed by atoms with Crippen LogP contribution in [-0.2, 0) is 13.0 Å². The van der Waals surface area contributed by atoms with Crippen molar-refractivity contribution in [3.05, 3.63) is 33.6 Å². The maximum atomic E-state index is 5.09. The van der Waals surface area contributed by atoms with Crippen LogP contribution in [0.2, 0.25) is 0 Å². The third-order valence-corrected chi connectivity index (χ3v) is 3.95. The van der Waals surface area contributed by atoms with Crippen LogP contribution in [0, 0.1) is 13.8 Å². The van der Waals surface area contributed by atoms with E-state index < -0.39 is 0 Å². The van der Waals surface area contributed by atoms with Crippen molar-refractivity contribution < 1.29 is 4.52 Å². The van der Waals surface area contributed by atoms with Crippen LogP contribution in [-0.4, -0.2) is 29.2 Å². The van der Waals surface area contributed by atoms with Crippen molar-refractivity contribution in [3.63, 3.8) is 0 Å². The van der Waals surface area contributed by atoms with E-state index in [1.807, 2.05) is 6.92 Å². The van der Waals surface area contributed by atoms with Gasteiger partial charge in [0.05, 0.1) is 6.54 Å². The first kappa shape index (κ1) is 19.9. The van der Waals surface area contributed by atoms with Crippen LogP contribution < -0.4 is 10.6 Å². The largest absolute Gasteiger partial charge is 0.357 e. The molecule has 0 aromatic carbocycles. The van der Waals surface area contributed by atoms with E-state index in [9.17, 15) is 0 Å². The Bertz CT molecular complexity index is 611. The lowest BCUT2D eigenvalue weighted by atomic mass is 10.3. The van der Waals surface area contributed by atoms with E-state index in [1.54, 1.807) is 11.3 Å². The summed E-state index contributed by atoms with van der Waals surface area (Å²) in [4.78, 5) is 11.4. The highest BCUT2D eigenvalue weighted by molar-refractivity contribution is 14.0. The summed E-state index contributed by atoms with van der Waals surface area (Å²) in [5, 5.41) is 10.4. The van der Waals surface area contributed by atoms with E-state index in [-0.39, 0.29) is 24.0 Å². The quantitative estimate of drug-likeness (QED) is 0.294. The number of rotatable bonds is 7. The molecule has 0 aliphatic carbocycles. The van der Waals surface area contributed by atoms with Crippen LogP contribution in [0.25, 0.3) is 0 Å². The Morgan fingerprint density at radius 3 is 2.74 bits per heavy atom. The van der Waals surface area contributed by atoms with Gasteiger partial charge in [0, 0.05) is 29.3 Å². The summed E-state index contributed by atoms with van der Waals surface area (Å²) < 4.78 is 5.09. The fraction of sp³-hybridized carbons (Fsp3) is 0.533. The summed E-state index contributed by atoms with van der Waals surface area (Å²) in [5.41, 5.74) is 0. The van der Waals surface area contributed by atoms with Crippen LogP contribution >= 0.6 is 35.3 Å². The normalized spacial score (nSPS) is 11.2. The van der Waals surface area contributed by atoms with Crippen LogP contribution in [0.3, 0.4) is 0 Å². The van der Waals surface area contributed by atoms with Gasteiger partial charge in [0.25, 0.3) is 0 Å². The van der Waals surface area contributed by atoms with Gasteiger partial charge in [0.2, 0.25) is 5.89 Å². The van der Waals surface area contributed by atoms with Gasteiger partial charge in [-0.1, -0.05) is 5.16 Å². The lowest BCUT2D eigenvalue weighted by Gasteiger charge is -2.10. The highest BCUT2D eigenvalue weighted by Gasteiger charge is 2.03. The predicted octanol–water partition coefficient (Wildman–Crippen LogP) is 3.05. The number of aryl methyl sites for hydroxylation is 3. The fourth-order valence-electron chi connectivity index (χ4n) is 1.96. The number of aromatic nitrogens is 2. The predicted molar refractivity (Wildman–Crippen MR) is 105 cm³/mol. The number of aliphatic imine (C=N–C) groups is 1. The lowest BCUT2D eigenvalue weighted by Crippen LogP contribution is -2.37. The highest BCUT2D eigenvalue weighted by atomic mass is 127. The molecule has 128 valence electrons. The molecule has 8 heteroatoms. The second-order valence-electron chi connectivity index (χ2n) is 4.97. The molecule has 0 atom stereocenters. The topological polar surface area (TPSA) is 75.3 Å². The zero-order valence-corrected chi connectivity index (χ0v) is 16.9. The summed E-state index contributed by atoms with van der Waals surface area (Å²) in [6, 6.07) is 4.26. The number of hydrogen-bond acceptors (Lipinski definition) is 5. The van der Waals surface area contributed by atoms with Gasteiger partial charge in [-0.25, -0.2) is 4.99 Å². The Kier molecular flexibility index (Phi) is 9.15. The molecular weight excluding hydrogens is 425 g/mol. The number of nitrogens with one attached hydrogen (secondary N) is 2. The molecule has 0 bridgehead atoms. The molecule has 2 N–H and O–H groups in total. The van der Waals surface area contributed by atoms with E-state index in [0.29, 0.717) is 18.3 Å². The first-order valence-corrected chi connectivity index (χ1v) is 8.35. The van der Waals surface area contributed by atoms with E-state index in [1.165, 1.54) is 9.75 Å². The minimum Gasteiger partial charge on any atom is -0.357 e.